The minimum atomic E-state index is -0.200. The van der Waals surface area contributed by atoms with Gasteiger partial charge in [0.15, 0.2) is 0 Å². The van der Waals surface area contributed by atoms with Crippen LogP contribution in [0.3, 0.4) is 0 Å². The molecule has 2 rings (SSSR count). The van der Waals surface area contributed by atoms with Gasteiger partial charge in [0.1, 0.15) is 5.82 Å². The van der Waals surface area contributed by atoms with Crippen LogP contribution in [0.5, 0.6) is 0 Å². The third-order valence-corrected chi connectivity index (χ3v) is 3.18. The van der Waals surface area contributed by atoms with Crippen LogP contribution in [-0.2, 0) is 0 Å². The Labute approximate surface area is 113 Å². The average molecular weight is 258 g/mol. The highest BCUT2D eigenvalue weighted by Gasteiger charge is 2.16. The zero-order valence-corrected chi connectivity index (χ0v) is 11.6. The Morgan fingerprint density at radius 2 is 2.00 bits per heavy atom. The molecule has 1 heterocycles. The first-order valence-corrected chi connectivity index (χ1v) is 6.53. The van der Waals surface area contributed by atoms with E-state index in [0.29, 0.717) is 0 Å². The van der Waals surface area contributed by atoms with Crippen molar-refractivity contribution in [2.45, 2.75) is 26.8 Å². The first-order valence-electron chi connectivity index (χ1n) is 6.53. The maximum Gasteiger partial charge on any atom is 0.123 e. The molecule has 0 fully saturated rings. The normalized spacial score (nSPS) is 12.4. The van der Waals surface area contributed by atoms with E-state index in [2.05, 4.69) is 23.3 Å². The first kappa shape index (κ1) is 13.7. The lowest BCUT2D eigenvalue weighted by atomic mass is 9.97. The van der Waals surface area contributed by atoms with Crippen LogP contribution in [0.4, 0.5) is 4.39 Å². The molecule has 0 aliphatic rings. The second-order valence-corrected chi connectivity index (χ2v) is 4.75. The molecule has 100 valence electrons. The van der Waals surface area contributed by atoms with Gasteiger partial charge in [-0.05, 0) is 61.3 Å². The summed E-state index contributed by atoms with van der Waals surface area (Å²) in [6, 6.07) is 8.95. The van der Waals surface area contributed by atoms with Gasteiger partial charge in [-0.3, -0.25) is 4.98 Å². The van der Waals surface area contributed by atoms with Gasteiger partial charge in [0.25, 0.3) is 0 Å². The largest absolute Gasteiger partial charge is 0.305 e. The second-order valence-electron chi connectivity index (χ2n) is 4.75. The Kier molecular flexibility index (Phi) is 4.27. The van der Waals surface area contributed by atoms with E-state index in [1.807, 2.05) is 32.2 Å². The molecule has 0 aliphatic carbocycles. The molecule has 1 aromatic carbocycles. The number of hydrogen-bond acceptors (Lipinski definition) is 2. The highest BCUT2D eigenvalue weighted by atomic mass is 19.1. The molecule has 0 saturated heterocycles. The molecule has 3 heteroatoms. The molecule has 0 bridgehead atoms. The van der Waals surface area contributed by atoms with E-state index in [1.165, 1.54) is 11.6 Å². The van der Waals surface area contributed by atoms with E-state index in [1.54, 1.807) is 6.07 Å². The summed E-state index contributed by atoms with van der Waals surface area (Å²) in [4.78, 5) is 4.44. The van der Waals surface area contributed by atoms with Crippen LogP contribution in [0.25, 0.3) is 0 Å². The highest BCUT2D eigenvalue weighted by molar-refractivity contribution is 5.35. The summed E-state index contributed by atoms with van der Waals surface area (Å²) in [6.07, 6.45) is 1.81. The number of pyridine rings is 1. The van der Waals surface area contributed by atoms with Gasteiger partial charge >= 0.3 is 0 Å². The predicted octanol–water partition coefficient (Wildman–Crippen LogP) is 3.54. The zero-order chi connectivity index (χ0) is 13.8. The first-order chi connectivity index (χ1) is 9.11. The van der Waals surface area contributed by atoms with E-state index >= 15 is 0 Å². The van der Waals surface area contributed by atoms with Crippen LogP contribution < -0.4 is 5.32 Å². The summed E-state index contributed by atoms with van der Waals surface area (Å²) in [5, 5.41) is 3.42. The van der Waals surface area contributed by atoms with Gasteiger partial charge in [-0.25, -0.2) is 4.39 Å². The predicted molar refractivity (Wildman–Crippen MR) is 75.6 cm³/mol. The third kappa shape index (κ3) is 3.18. The lowest BCUT2D eigenvalue weighted by molar-refractivity contribution is 0.601. The summed E-state index contributed by atoms with van der Waals surface area (Å²) >= 11 is 0. The van der Waals surface area contributed by atoms with Crippen molar-refractivity contribution in [1.29, 1.82) is 0 Å². The second kappa shape index (κ2) is 5.93. The van der Waals surface area contributed by atoms with Crippen molar-refractivity contribution < 1.29 is 4.39 Å². The summed E-state index contributed by atoms with van der Waals surface area (Å²) in [5.74, 6) is -0.200. The Morgan fingerprint density at radius 1 is 1.21 bits per heavy atom. The van der Waals surface area contributed by atoms with Crippen LogP contribution in [0.2, 0.25) is 0 Å². The Morgan fingerprint density at radius 3 is 2.63 bits per heavy atom. The molecule has 1 atom stereocenters. The summed E-state index contributed by atoms with van der Waals surface area (Å²) in [5.41, 5.74) is 4.15. The third-order valence-electron chi connectivity index (χ3n) is 3.18. The topological polar surface area (TPSA) is 24.9 Å². The van der Waals surface area contributed by atoms with Gasteiger partial charge in [0.05, 0.1) is 11.7 Å². The molecule has 0 saturated carbocycles. The average Bonchev–Trinajstić information content (AvgIpc) is 2.37. The van der Waals surface area contributed by atoms with Crippen LogP contribution in [-0.4, -0.2) is 11.5 Å². The molecular formula is C16H19FN2. The Bertz CT molecular complexity index is 566. The van der Waals surface area contributed by atoms with Crippen LogP contribution >= 0.6 is 0 Å². The van der Waals surface area contributed by atoms with Crippen LogP contribution in [0, 0.1) is 19.7 Å². The molecule has 0 aliphatic heterocycles. The maximum absolute atomic E-state index is 13.2. The molecule has 2 aromatic rings. The van der Waals surface area contributed by atoms with Gasteiger partial charge in [0.2, 0.25) is 0 Å². The van der Waals surface area contributed by atoms with E-state index in [9.17, 15) is 4.39 Å². The van der Waals surface area contributed by atoms with E-state index in [-0.39, 0.29) is 11.9 Å². The molecular weight excluding hydrogens is 239 g/mol. The van der Waals surface area contributed by atoms with Gasteiger partial charge in [-0.1, -0.05) is 13.0 Å². The molecule has 0 spiro atoms. The summed E-state index contributed by atoms with van der Waals surface area (Å²) < 4.78 is 13.2. The molecule has 19 heavy (non-hydrogen) atoms. The van der Waals surface area contributed by atoms with Crippen LogP contribution in [0.15, 0.2) is 36.5 Å². The van der Waals surface area contributed by atoms with Crippen LogP contribution in [0.1, 0.15) is 35.3 Å². The number of nitrogens with one attached hydrogen (secondary N) is 1. The smallest absolute Gasteiger partial charge is 0.123 e. The Hall–Kier alpha value is -1.74. The lowest BCUT2D eigenvalue weighted by Crippen LogP contribution is -2.23. The van der Waals surface area contributed by atoms with Gasteiger partial charge in [0, 0.05) is 6.20 Å². The minimum absolute atomic E-state index is 0.00509. The molecule has 0 radical (unpaired) electrons. The van der Waals surface area contributed by atoms with Crippen molar-refractivity contribution in [3.63, 3.8) is 0 Å². The number of nitrogens with zero attached hydrogens (tertiary/aromatic N) is 1. The number of hydrogen-bond donors (Lipinski definition) is 1. The van der Waals surface area contributed by atoms with Crippen molar-refractivity contribution in [1.82, 2.24) is 10.3 Å². The van der Waals surface area contributed by atoms with Crippen molar-refractivity contribution in [3.8, 4) is 0 Å². The standard InChI is InChI=1S/C16H19FN2/c1-4-18-16(15-9-11(2)7-8-19-15)14-6-5-13(17)10-12(14)3/h5-10,16,18H,4H2,1-3H3. The van der Waals surface area contributed by atoms with Crippen molar-refractivity contribution in [2.24, 2.45) is 0 Å². The van der Waals surface area contributed by atoms with E-state index in [4.69, 9.17) is 0 Å². The Balaban J connectivity index is 2.45. The van der Waals surface area contributed by atoms with Gasteiger partial charge in [-0.15, -0.1) is 0 Å². The number of rotatable bonds is 4. The van der Waals surface area contributed by atoms with Gasteiger partial charge < -0.3 is 5.32 Å². The number of halogens is 1. The number of benzene rings is 1. The molecule has 1 N–H and O–H groups in total. The number of aryl methyl sites for hydroxylation is 2. The van der Waals surface area contributed by atoms with Crippen molar-refractivity contribution in [2.75, 3.05) is 6.54 Å². The molecule has 1 unspecified atom stereocenters. The molecule has 1 aromatic heterocycles. The fourth-order valence-corrected chi connectivity index (χ4v) is 2.26. The molecule has 2 nitrogen and oxygen atoms in total. The van der Waals surface area contributed by atoms with Crippen molar-refractivity contribution in [3.05, 3.63) is 64.7 Å². The fourth-order valence-electron chi connectivity index (χ4n) is 2.26. The maximum atomic E-state index is 13.2. The van der Waals surface area contributed by atoms with E-state index < -0.39 is 0 Å². The quantitative estimate of drug-likeness (QED) is 0.907. The monoisotopic (exact) mass is 258 g/mol. The lowest BCUT2D eigenvalue weighted by Gasteiger charge is -2.20. The van der Waals surface area contributed by atoms with E-state index in [0.717, 1.165) is 23.4 Å². The summed E-state index contributed by atoms with van der Waals surface area (Å²) in [6.45, 7) is 6.86. The van der Waals surface area contributed by atoms with Crippen molar-refractivity contribution >= 4 is 0 Å². The zero-order valence-electron chi connectivity index (χ0n) is 11.6. The SMILES string of the molecule is CCNC(c1cc(C)ccn1)c1ccc(F)cc1C. The molecule has 0 amide bonds. The minimum Gasteiger partial charge on any atom is -0.305 e. The fraction of sp³-hybridized carbons (Fsp3) is 0.312. The number of aromatic nitrogens is 1. The summed E-state index contributed by atoms with van der Waals surface area (Å²) in [7, 11) is 0. The highest BCUT2D eigenvalue weighted by Crippen LogP contribution is 2.24. The van der Waals surface area contributed by atoms with Gasteiger partial charge in [-0.2, -0.15) is 0 Å².